The number of hydrogen-bond donors (Lipinski definition) is 4. The number of benzene rings is 2. The number of guanidine groups is 1. The Morgan fingerprint density at radius 2 is 1.46 bits per heavy atom. The molecule has 2 fully saturated rings. The van der Waals surface area contributed by atoms with E-state index in [1.54, 1.807) is 111 Å². The van der Waals surface area contributed by atoms with Crippen molar-refractivity contribution in [1.29, 1.82) is 0 Å². The van der Waals surface area contributed by atoms with Gasteiger partial charge in [-0.2, -0.15) is 23.4 Å². The number of thiazole rings is 1. The van der Waals surface area contributed by atoms with Gasteiger partial charge >= 0.3 is 34.6 Å². The lowest BCUT2D eigenvalue weighted by molar-refractivity contribution is -0.164. The van der Waals surface area contributed by atoms with Crippen LogP contribution in [0.15, 0.2) is 82.4 Å². The van der Waals surface area contributed by atoms with Gasteiger partial charge in [0.25, 0.3) is 23.7 Å². The van der Waals surface area contributed by atoms with E-state index in [1.807, 2.05) is 32.9 Å². The predicted molar refractivity (Wildman–Crippen MR) is 303 cm³/mol. The predicted octanol–water partition coefficient (Wildman–Crippen LogP) is 6.56. The quantitative estimate of drug-likeness (QED) is 0.0106. The highest BCUT2D eigenvalue weighted by Gasteiger charge is 2.57. The maximum atomic E-state index is 14.5. The molecule has 2 aromatic carbocycles. The van der Waals surface area contributed by atoms with Crippen LogP contribution in [0.2, 0.25) is 0 Å². The van der Waals surface area contributed by atoms with Crippen LogP contribution in [0, 0.1) is 5.41 Å². The first kappa shape index (κ1) is 64.9. The molecule has 4 aromatic rings. The normalized spacial score (nSPS) is 16.4. The minimum Gasteiger partial charge on any atom is -0.450 e. The van der Waals surface area contributed by atoms with Crippen molar-refractivity contribution in [2.45, 2.75) is 156 Å². The number of hydrogen-bond acceptors (Lipinski definition) is 20. The van der Waals surface area contributed by atoms with Crippen LogP contribution in [0.5, 0.6) is 5.88 Å². The average molecular weight is 1210 g/mol. The molecule has 6 rings (SSSR count). The minimum atomic E-state index is -5.31. The molecule has 84 heavy (non-hydrogen) atoms. The SMILES string of the molecule is CN(Oc1cnn(C[C@@H]2[C@H](NC(=O)/C(=N\OC3(C(=O)OC(c4ccccc4)c4ccccc4)CC3)c3csc(NC(=O)OC(C)(C)C)n3)C(=O)N2S(=O)(=O)O)n1)/C(=N/C(=O)OC(C)(C)C)N(CCCNC(=O)CC(C)(C)C)C(=O)OC(C)(C)C. The first-order valence-corrected chi connectivity index (χ1v) is 28.8. The number of nitrogens with one attached hydrogen (secondary N) is 3. The van der Waals surface area contributed by atoms with Gasteiger partial charge in [-0.3, -0.25) is 24.3 Å². The van der Waals surface area contributed by atoms with E-state index in [2.05, 4.69) is 41.3 Å². The van der Waals surface area contributed by atoms with E-state index in [9.17, 15) is 46.5 Å². The second kappa shape index (κ2) is 26.1. The van der Waals surface area contributed by atoms with Crippen LogP contribution in [0.4, 0.5) is 19.5 Å². The number of carbonyl (C=O) groups is 7. The van der Waals surface area contributed by atoms with Crippen molar-refractivity contribution in [1.82, 2.24) is 44.9 Å². The summed E-state index contributed by atoms with van der Waals surface area (Å²) >= 11 is 0.854. The van der Waals surface area contributed by atoms with Crippen LogP contribution < -0.4 is 20.8 Å². The summed E-state index contributed by atoms with van der Waals surface area (Å²) in [6.45, 7) is 19.6. The van der Waals surface area contributed by atoms with Gasteiger partial charge in [-0.1, -0.05) is 86.6 Å². The molecule has 4 N–H and O–H groups in total. The molecule has 3 heterocycles. The third kappa shape index (κ3) is 18.9. The summed E-state index contributed by atoms with van der Waals surface area (Å²) in [4.78, 5) is 117. The van der Waals surface area contributed by atoms with E-state index < -0.39 is 105 Å². The Kier molecular flexibility index (Phi) is 20.2. The van der Waals surface area contributed by atoms with Crippen LogP contribution in [-0.4, -0.2) is 155 Å². The summed E-state index contributed by atoms with van der Waals surface area (Å²) in [5.74, 6) is -4.32. The molecule has 6 amide bonds. The molecule has 2 atom stereocenters. The highest BCUT2D eigenvalue weighted by Crippen LogP contribution is 2.43. The number of aromatic nitrogens is 4. The number of aliphatic imine (C=N–C) groups is 1. The van der Waals surface area contributed by atoms with Gasteiger partial charge in [0, 0.05) is 44.8 Å². The van der Waals surface area contributed by atoms with Gasteiger partial charge in [0.15, 0.2) is 16.9 Å². The van der Waals surface area contributed by atoms with E-state index in [1.165, 1.54) is 12.4 Å². The van der Waals surface area contributed by atoms with Gasteiger partial charge in [-0.05, 0) is 85.3 Å². The Labute approximate surface area is 490 Å². The molecule has 2 aromatic heterocycles. The molecule has 30 heteroatoms. The Morgan fingerprint density at radius 1 is 0.869 bits per heavy atom. The number of hydroxylamine groups is 2. The molecular formula is C54H72N12O16S2. The molecule has 0 radical (unpaired) electrons. The topological polar surface area (TPSA) is 343 Å². The lowest BCUT2D eigenvalue weighted by atomic mass is 9.92. The lowest BCUT2D eigenvalue weighted by Crippen LogP contribution is -2.73. The summed E-state index contributed by atoms with van der Waals surface area (Å²) in [5.41, 5.74) is -4.47. The molecule has 28 nitrogen and oxygen atoms in total. The number of carbonyl (C=O) groups excluding carboxylic acids is 7. The first-order valence-electron chi connectivity index (χ1n) is 26.6. The van der Waals surface area contributed by atoms with Crippen molar-refractivity contribution in [3.05, 3.63) is 89.1 Å². The molecule has 1 saturated heterocycles. The molecule has 456 valence electrons. The van der Waals surface area contributed by atoms with Crippen molar-refractivity contribution >= 4 is 80.4 Å². The molecule has 0 spiro atoms. The number of esters is 1. The maximum absolute atomic E-state index is 14.5. The molecule has 1 saturated carbocycles. The summed E-state index contributed by atoms with van der Waals surface area (Å²) < 4.78 is 58.3. The third-order valence-electron chi connectivity index (χ3n) is 11.5. The monoisotopic (exact) mass is 1210 g/mol. The zero-order chi connectivity index (χ0) is 62.2. The second-order valence-corrected chi connectivity index (χ2v) is 25.9. The van der Waals surface area contributed by atoms with Crippen LogP contribution in [0.25, 0.3) is 0 Å². The van der Waals surface area contributed by atoms with Gasteiger partial charge < -0.3 is 39.3 Å². The lowest BCUT2D eigenvalue weighted by Gasteiger charge is -2.43. The molecule has 0 bridgehead atoms. The van der Waals surface area contributed by atoms with Gasteiger partial charge in [0.05, 0.1) is 6.54 Å². The molecule has 1 aliphatic heterocycles. The van der Waals surface area contributed by atoms with Gasteiger partial charge in [-0.25, -0.2) is 33.4 Å². The van der Waals surface area contributed by atoms with Crippen molar-refractivity contribution < 1.29 is 75.2 Å². The van der Waals surface area contributed by atoms with E-state index in [-0.39, 0.29) is 71.1 Å². The first-order chi connectivity index (χ1) is 39.0. The van der Waals surface area contributed by atoms with Gasteiger partial charge in [0.2, 0.25) is 11.5 Å². The highest BCUT2D eigenvalue weighted by molar-refractivity contribution is 7.84. The van der Waals surface area contributed by atoms with Crippen molar-refractivity contribution in [2.24, 2.45) is 15.6 Å². The number of anilines is 1. The van der Waals surface area contributed by atoms with Crippen LogP contribution >= 0.6 is 11.3 Å². The number of ether oxygens (including phenoxy) is 4. The number of nitrogens with zero attached hydrogens (tertiary/aromatic N) is 9. The Hall–Kier alpha value is -8.25. The van der Waals surface area contributed by atoms with Crippen LogP contribution in [0.1, 0.15) is 132 Å². The summed E-state index contributed by atoms with van der Waals surface area (Å²) in [7, 11) is -4.04. The van der Waals surface area contributed by atoms with Crippen molar-refractivity contribution in [3.8, 4) is 5.88 Å². The molecule has 2 aliphatic rings. The van der Waals surface area contributed by atoms with E-state index >= 15 is 0 Å². The summed E-state index contributed by atoms with van der Waals surface area (Å²) in [5, 5.41) is 22.3. The van der Waals surface area contributed by atoms with Gasteiger partial charge in [-0.15, -0.1) is 21.4 Å². The zero-order valence-electron chi connectivity index (χ0n) is 49.0. The van der Waals surface area contributed by atoms with Gasteiger partial charge in [0.1, 0.15) is 40.8 Å². The highest BCUT2D eigenvalue weighted by atomic mass is 32.2. The van der Waals surface area contributed by atoms with Crippen LogP contribution in [0.3, 0.4) is 0 Å². The standard InChI is InChI=1S/C54H72N12O16S2/c1-50(2,3)29-37(67)55-27-20-28-64(49(73)80-53(10,11)12)46(60-48(72)79-52(7,8)9)63(13)81-38-30-56-65(61-38)31-36-40(43(69)66(36)84(74,75)76)58-42(68)39(35-32-83-45(57-35)59-47(71)78-51(4,5)6)62-82-54(25-26-54)44(70)77-41(33-21-16-14-17-22-33)34-23-18-15-19-24-34/h14-19,21-24,30,32,36,40-41H,20,25-29,31H2,1-13H3,(H,55,67)(H,58,68)(H,57,59,71)(H,74,75,76)/b60-46-,62-39-/t36-,40+/m1/s1. The number of amides is 6. The number of oxime groups is 1. The summed E-state index contributed by atoms with van der Waals surface area (Å²) in [6, 6.07) is 14.6. The maximum Gasteiger partial charge on any atom is 0.437 e. The fourth-order valence-electron chi connectivity index (χ4n) is 7.79. The minimum absolute atomic E-state index is 0.0599. The van der Waals surface area contributed by atoms with Crippen molar-refractivity contribution in [3.63, 3.8) is 0 Å². The molecular weight excluding hydrogens is 1140 g/mol. The zero-order valence-corrected chi connectivity index (χ0v) is 50.7. The Morgan fingerprint density at radius 3 is 2.01 bits per heavy atom. The van der Waals surface area contributed by atoms with E-state index in [4.69, 9.17) is 28.6 Å². The smallest absolute Gasteiger partial charge is 0.437 e. The Balaban J connectivity index is 1.26. The largest absolute Gasteiger partial charge is 0.450 e. The fourth-order valence-corrected chi connectivity index (χ4v) is 9.34. The fraction of sp³-hybridized carbons (Fsp3) is 0.519. The molecule has 0 unspecified atom stereocenters. The Bertz CT molecular complexity index is 3170. The second-order valence-electron chi connectivity index (χ2n) is 23.7. The van der Waals surface area contributed by atoms with E-state index in [0.29, 0.717) is 11.1 Å². The van der Waals surface area contributed by atoms with Crippen molar-refractivity contribution in [2.75, 3.05) is 25.5 Å². The number of β-lactam (4-membered cyclic amide) rings is 1. The number of rotatable bonds is 20. The molecule has 1 aliphatic carbocycles. The van der Waals surface area contributed by atoms with E-state index in [0.717, 1.165) is 32.3 Å². The third-order valence-corrected chi connectivity index (χ3v) is 13.2. The average Bonchev–Trinajstić information content (AvgIpc) is 3.10. The summed E-state index contributed by atoms with van der Waals surface area (Å²) in [6.07, 6.45) is -2.17. The van der Waals surface area contributed by atoms with Crippen LogP contribution in [-0.2, 0) is 59.8 Å².